The second kappa shape index (κ2) is 4.93. The fourth-order valence-electron chi connectivity index (χ4n) is 1.70. The van der Waals surface area contributed by atoms with Gasteiger partial charge in [0, 0.05) is 18.5 Å². The molecular formula is C14H10BrN3O. The van der Waals surface area contributed by atoms with E-state index in [0.717, 1.165) is 21.3 Å². The maximum atomic E-state index is 5.75. The van der Waals surface area contributed by atoms with Gasteiger partial charge in [-0.25, -0.2) is 4.98 Å². The summed E-state index contributed by atoms with van der Waals surface area (Å²) in [5, 5.41) is 0. The number of hydrogen-bond acceptors (Lipinski definition) is 4. The third kappa shape index (κ3) is 2.56. The summed E-state index contributed by atoms with van der Waals surface area (Å²) in [6.07, 6.45) is 3.25. The van der Waals surface area contributed by atoms with Crippen LogP contribution in [0.3, 0.4) is 0 Å². The van der Waals surface area contributed by atoms with Crippen LogP contribution in [0.15, 0.2) is 47.2 Å². The van der Waals surface area contributed by atoms with Gasteiger partial charge < -0.3 is 4.74 Å². The summed E-state index contributed by atoms with van der Waals surface area (Å²) < 4.78 is 6.64. The number of aromatic nitrogens is 3. The molecule has 0 atom stereocenters. The van der Waals surface area contributed by atoms with Crippen LogP contribution in [0.5, 0.6) is 11.6 Å². The summed E-state index contributed by atoms with van der Waals surface area (Å²) in [6, 6.07) is 9.51. The summed E-state index contributed by atoms with van der Waals surface area (Å²) in [4.78, 5) is 12.6. The molecule has 19 heavy (non-hydrogen) atoms. The minimum Gasteiger partial charge on any atom is -0.438 e. The minimum absolute atomic E-state index is 0.498. The molecule has 1 aromatic carbocycles. The Kier molecular flexibility index (Phi) is 3.13. The van der Waals surface area contributed by atoms with E-state index in [-0.39, 0.29) is 0 Å². The molecule has 3 aromatic rings. The molecule has 0 radical (unpaired) electrons. The summed E-state index contributed by atoms with van der Waals surface area (Å²) in [5.74, 6) is 1.22. The normalized spacial score (nSPS) is 10.6. The number of rotatable bonds is 2. The number of halogens is 1. The lowest BCUT2D eigenvalue weighted by molar-refractivity contribution is 0.461. The van der Waals surface area contributed by atoms with Crippen molar-refractivity contribution in [3.63, 3.8) is 0 Å². The van der Waals surface area contributed by atoms with E-state index in [4.69, 9.17) is 4.74 Å². The van der Waals surface area contributed by atoms with Crippen molar-refractivity contribution in [3.8, 4) is 11.6 Å². The van der Waals surface area contributed by atoms with Crippen molar-refractivity contribution in [2.75, 3.05) is 0 Å². The molecule has 2 heterocycles. The number of hydrogen-bond donors (Lipinski definition) is 0. The predicted molar refractivity (Wildman–Crippen MR) is 76.3 cm³/mol. The fourth-order valence-corrected chi connectivity index (χ4v) is 2.27. The van der Waals surface area contributed by atoms with Gasteiger partial charge in [-0.3, -0.25) is 4.98 Å². The van der Waals surface area contributed by atoms with Crippen molar-refractivity contribution >= 4 is 27.1 Å². The molecule has 0 amide bonds. The molecule has 0 saturated carbocycles. The van der Waals surface area contributed by atoms with Gasteiger partial charge in [0.2, 0.25) is 5.88 Å². The Morgan fingerprint density at radius 3 is 2.74 bits per heavy atom. The standard InChI is InChI=1S/C14H10BrN3O/c1-9-2-4-12(10(15)8-9)19-13-5-3-11-14(18-13)17-7-6-16-11/h2-8H,1H3. The van der Waals surface area contributed by atoms with E-state index in [1.54, 1.807) is 18.5 Å². The lowest BCUT2D eigenvalue weighted by Gasteiger charge is -2.07. The van der Waals surface area contributed by atoms with Crippen LogP contribution < -0.4 is 4.74 Å². The van der Waals surface area contributed by atoms with Crippen LogP contribution in [0.1, 0.15) is 5.56 Å². The van der Waals surface area contributed by atoms with E-state index in [2.05, 4.69) is 30.9 Å². The summed E-state index contributed by atoms with van der Waals surface area (Å²) >= 11 is 3.47. The molecule has 0 spiro atoms. The molecule has 0 aliphatic heterocycles. The predicted octanol–water partition coefficient (Wildman–Crippen LogP) is 3.89. The van der Waals surface area contributed by atoms with Gasteiger partial charge in [-0.2, -0.15) is 4.98 Å². The molecule has 5 heteroatoms. The number of ether oxygens (including phenoxy) is 1. The molecule has 0 N–H and O–H groups in total. The Morgan fingerprint density at radius 1 is 1.05 bits per heavy atom. The third-order valence-electron chi connectivity index (χ3n) is 2.61. The van der Waals surface area contributed by atoms with Crippen LogP contribution in [0.4, 0.5) is 0 Å². The van der Waals surface area contributed by atoms with Gasteiger partial charge >= 0.3 is 0 Å². The minimum atomic E-state index is 0.498. The highest BCUT2D eigenvalue weighted by atomic mass is 79.9. The summed E-state index contributed by atoms with van der Waals surface area (Å²) in [5.41, 5.74) is 2.48. The molecule has 0 saturated heterocycles. The second-order valence-corrected chi connectivity index (χ2v) is 4.94. The van der Waals surface area contributed by atoms with Crippen LogP contribution >= 0.6 is 15.9 Å². The van der Waals surface area contributed by atoms with Crippen molar-refractivity contribution < 1.29 is 4.74 Å². The highest BCUT2D eigenvalue weighted by Crippen LogP contribution is 2.29. The quantitative estimate of drug-likeness (QED) is 0.720. The Bertz CT molecular complexity index is 746. The zero-order valence-corrected chi connectivity index (χ0v) is 11.8. The summed E-state index contributed by atoms with van der Waals surface area (Å²) in [6.45, 7) is 2.03. The van der Waals surface area contributed by atoms with Crippen LogP contribution in [0.2, 0.25) is 0 Å². The van der Waals surface area contributed by atoms with Crippen LogP contribution in [-0.2, 0) is 0 Å². The summed E-state index contributed by atoms with van der Waals surface area (Å²) in [7, 11) is 0. The molecule has 0 aliphatic rings. The molecule has 0 aliphatic carbocycles. The van der Waals surface area contributed by atoms with Crippen molar-refractivity contribution in [3.05, 3.63) is 52.8 Å². The number of nitrogens with zero attached hydrogens (tertiary/aromatic N) is 3. The Labute approximate surface area is 118 Å². The van der Waals surface area contributed by atoms with Gasteiger partial charge in [-0.1, -0.05) is 6.07 Å². The van der Waals surface area contributed by atoms with Crippen molar-refractivity contribution in [2.45, 2.75) is 6.92 Å². The van der Waals surface area contributed by atoms with Gasteiger partial charge in [0.15, 0.2) is 5.65 Å². The van der Waals surface area contributed by atoms with Gasteiger partial charge in [0.1, 0.15) is 11.3 Å². The van der Waals surface area contributed by atoms with Crippen LogP contribution in [0, 0.1) is 6.92 Å². The first-order valence-corrected chi connectivity index (χ1v) is 6.53. The average Bonchev–Trinajstić information content (AvgIpc) is 2.42. The largest absolute Gasteiger partial charge is 0.438 e. The molecule has 0 bridgehead atoms. The molecule has 0 unspecified atom stereocenters. The highest BCUT2D eigenvalue weighted by Gasteiger charge is 2.05. The monoisotopic (exact) mass is 315 g/mol. The molecule has 3 rings (SSSR count). The average molecular weight is 316 g/mol. The number of benzene rings is 1. The van der Waals surface area contributed by atoms with Crippen LogP contribution in [0.25, 0.3) is 11.2 Å². The van der Waals surface area contributed by atoms with E-state index in [0.29, 0.717) is 11.5 Å². The topological polar surface area (TPSA) is 47.9 Å². The first-order chi connectivity index (χ1) is 9.22. The molecule has 2 aromatic heterocycles. The molecule has 0 fully saturated rings. The maximum absolute atomic E-state index is 5.75. The lowest BCUT2D eigenvalue weighted by Crippen LogP contribution is -1.92. The number of fused-ring (bicyclic) bond motifs is 1. The smallest absolute Gasteiger partial charge is 0.221 e. The SMILES string of the molecule is Cc1ccc(Oc2ccc3nccnc3n2)c(Br)c1. The van der Waals surface area contributed by atoms with Crippen LogP contribution in [-0.4, -0.2) is 15.0 Å². The molecular weight excluding hydrogens is 306 g/mol. The Balaban J connectivity index is 1.96. The fraction of sp³-hybridized carbons (Fsp3) is 0.0714. The van der Waals surface area contributed by atoms with E-state index >= 15 is 0 Å². The van der Waals surface area contributed by atoms with Crippen molar-refractivity contribution in [2.24, 2.45) is 0 Å². The number of aryl methyl sites for hydroxylation is 1. The zero-order valence-electron chi connectivity index (χ0n) is 10.2. The van der Waals surface area contributed by atoms with E-state index in [1.807, 2.05) is 31.2 Å². The van der Waals surface area contributed by atoms with E-state index < -0.39 is 0 Å². The highest BCUT2D eigenvalue weighted by molar-refractivity contribution is 9.10. The lowest BCUT2D eigenvalue weighted by atomic mass is 10.2. The van der Waals surface area contributed by atoms with Gasteiger partial charge in [0.05, 0.1) is 4.47 Å². The van der Waals surface area contributed by atoms with E-state index in [1.165, 1.54) is 0 Å². The zero-order chi connectivity index (χ0) is 13.2. The van der Waals surface area contributed by atoms with Gasteiger partial charge in [-0.15, -0.1) is 0 Å². The second-order valence-electron chi connectivity index (χ2n) is 4.08. The Morgan fingerprint density at radius 2 is 1.89 bits per heavy atom. The first kappa shape index (κ1) is 12.0. The maximum Gasteiger partial charge on any atom is 0.221 e. The van der Waals surface area contributed by atoms with Crippen molar-refractivity contribution in [1.82, 2.24) is 15.0 Å². The van der Waals surface area contributed by atoms with Crippen molar-refractivity contribution in [1.29, 1.82) is 0 Å². The first-order valence-electron chi connectivity index (χ1n) is 5.74. The van der Waals surface area contributed by atoms with Gasteiger partial charge in [0.25, 0.3) is 0 Å². The molecule has 94 valence electrons. The third-order valence-corrected chi connectivity index (χ3v) is 3.23. The number of pyridine rings is 1. The molecule has 4 nitrogen and oxygen atoms in total. The van der Waals surface area contributed by atoms with E-state index in [9.17, 15) is 0 Å². The van der Waals surface area contributed by atoms with Gasteiger partial charge in [-0.05, 0) is 46.6 Å². The Hall–Kier alpha value is -2.01.